The summed E-state index contributed by atoms with van der Waals surface area (Å²) in [6.07, 6.45) is 3.66. The summed E-state index contributed by atoms with van der Waals surface area (Å²) in [6.45, 7) is 0.618. The Hall–Kier alpha value is -2.30. The lowest BCUT2D eigenvalue weighted by molar-refractivity contribution is 0.0600. The minimum absolute atomic E-state index is 0.326. The maximum Gasteiger partial charge on any atom is 0.337 e. The zero-order chi connectivity index (χ0) is 13.0. The molecule has 0 unspecified atom stereocenters. The molecule has 1 aromatic heterocycles. The van der Waals surface area contributed by atoms with Gasteiger partial charge in [-0.2, -0.15) is 5.10 Å². The zero-order valence-corrected chi connectivity index (χ0v) is 10.4. The Kier molecular flexibility index (Phi) is 3.62. The molecule has 2 rings (SSSR count). The highest BCUT2D eigenvalue weighted by Gasteiger charge is 2.06. The minimum atomic E-state index is -0.326. The third-order valence-corrected chi connectivity index (χ3v) is 2.61. The van der Waals surface area contributed by atoms with E-state index in [1.807, 2.05) is 36.1 Å². The van der Waals surface area contributed by atoms with Crippen molar-refractivity contribution in [2.24, 2.45) is 0 Å². The second-order valence-corrected chi connectivity index (χ2v) is 3.87. The number of rotatable bonds is 4. The molecule has 0 saturated carbocycles. The largest absolute Gasteiger partial charge is 0.465 e. The van der Waals surface area contributed by atoms with E-state index in [4.69, 9.17) is 4.74 Å². The van der Waals surface area contributed by atoms with Crippen molar-refractivity contribution in [3.05, 3.63) is 47.8 Å². The molecule has 0 spiro atoms. The van der Waals surface area contributed by atoms with Gasteiger partial charge < -0.3 is 10.1 Å². The molecule has 5 heteroatoms. The lowest BCUT2D eigenvalue weighted by Crippen LogP contribution is -2.04. The van der Waals surface area contributed by atoms with E-state index in [1.54, 1.807) is 12.3 Å². The standard InChI is InChI=1S/C13H15N3O2/c1-14-12-7-15-16(9-12)8-10-4-3-5-11(6-10)13(17)18-2/h3-7,9,14H,8H2,1-2H3. The normalized spacial score (nSPS) is 10.1. The van der Waals surface area contributed by atoms with E-state index in [2.05, 4.69) is 10.4 Å². The van der Waals surface area contributed by atoms with Gasteiger partial charge in [0.15, 0.2) is 0 Å². The number of nitrogens with one attached hydrogen (secondary N) is 1. The van der Waals surface area contributed by atoms with Crippen molar-refractivity contribution >= 4 is 11.7 Å². The quantitative estimate of drug-likeness (QED) is 0.834. The minimum Gasteiger partial charge on any atom is -0.465 e. The number of methoxy groups -OCH3 is 1. The van der Waals surface area contributed by atoms with Crippen LogP contribution in [0.3, 0.4) is 0 Å². The molecular formula is C13H15N3O2. The Labute approximate surface area is 105 Å². The molecule has 0 bridgehead atoms. The number of aromatic nitrogens is 2. The van der Waals surface area contributed by atoms with E-state index < -0.39 is 0 Å². The van der Waals surface area contributed by atoms with E-state index in [9.17, 15) is 4.79 Å². The number of hydrogen-bond donors (Lipinski definition) is 1. The van der Waals surface area contributed by atoms with Crippen LogP contribution < -0.4 is 5.32 Å². The van der Waals surface area contributed by atoms with Gasteiger partial charge in [-0.15, -0.1) is 0 Å². The first-order valence-corrected chi connectivity index (χ1v) is 5.60. The summed E-state index contributed by atoms with van der Waals surface area (Å²) in [5.41, 5.74) is 2.51. The van der Waals surface area contributed by atoms with E-state index >= 15 is 0 Å². The van der Waals surface area contributed by atoms with Crippen molar-refractivity contribution in [3.63, 3.8) is 0 Å². The molecule has 1 N–H and O–H groups in total. The van der Waals surface area contributed by atoms with Gasteiger partial charge in [0.2, 0.25) is 0 Å². The second-order valence-electron chi connectivity index (χ2n) is 3.87. The van der Waals surface area contributed by atoms with Crippen molar-refractivity contribution in [2.75, 3.05) is 19.5 Å². The number of nitrogens with zero attached hydrogens (tertiary/aromatic N) is 2. The number of benzene rings is 1. The average molecular weight is 245 g/mol. The number of anilines is 1. The molecule has 2 aromatic rings. The van der Waals surface area contributed by atoms with E-state index in [0.717, 1.165) is 11.3 Å². The molecule has 1 heterocycles. The van der Waals surface area contributed by atoms with Crippen molar-refractivity contribution in [1.29, 1.82) is 0 Å². The van der Waals surface area contributed by atoms with Gasteiger partial charge in [0, 0.05) is 13.2 Å². The average Bonchev–Trinajstić information content (AvgIpc) is 2.86. The maximum absolute atomic E-state index is 11.4. The zero-order valence-electron chi connectivity index (χ0n) is 10.4. The highest BCUT2D eigenvalue weighted by atomic mass is 16.5. The second kappa shape index (κ2) is 5.35. The van der Waals surface area contributed by atoms with Crippen molar-refractivity contribution < 1.29 is 9.53 Å². The molecule has 5 nitrogen and oxygen atoms in total. The molecule has 0 radical (unpaired) electrons. The lowest BCUT2D eigenvalue weighted by Gasteiger charge is -2.04. The number of esters is 1. The van der Waals surface area contributed by atoms with Crippen LogP contribution in [0.2, 0.25) is 0 Å². The van der Waals surface area contributed by atoms with Gasteiger partial charge in [-0.1, -0.05) is 12.1 Å². The highest BCUT2D eigenvalue weighted by molar-refractivity contribution is 5.89. The van der Waals surface area contributed by atoms with Crippen LogP contribution in [0.1, 0.15) is 15.9 Å². The molecule has 1 aromatic carbocycles. The van der Waals surface area contributed by atoms with Gasteiger partial charge >= 0.3 is 5.97 Å². The summed E-state index contributed by atoms with van der Waals surface area (Å²) in [4.78, 5) is 11.4. The van der Waals surface area contributed by atoms with E-state index in [1.165, 1.54) is 7.11 Å². The third-order valence-electron chi connectivity index (χ3n) is 2.61. The van der Waals surface area contributed by atoms with Crippen molar-refractivity contribution in [1.82, 2.24) is 9.78 Å². The summed E-state index contributed by atoms with van der Waals surface area (Å²) in [5, 5.41) is 7.23. The Morgan fingerprint density at radius 1 is 1.50 bits per heavy atom. The fourth-order valence-corrected chi connectivity index (χ4v) is 1.68. The molecule has 18 heavy (non-hydrogen) atoms. The summed E-state index contributed by atoms with van der Waals surface area (Å²) >= 11 is 0. The van der Waals surface area contributed by atoms with Crippen LogP contribution in [-0.4, -0.2) is 29.9 Å². The maximum atomic E-state index is 11.4. The highest BCUT2D eigenvalue weighted by Crippen LogP contribution is 2.10. The van der Waals surface area contributed by atoms with Gasteiger partial charge in [-0.3, -0.25) is 4.68 Å². The van der Waals surface area contributed by atoms with E-state index in [-0.39, 0.29) is 5.97 Å². The first kappa shape index (κ1) is 12.2. The summed E-state index contributed by atoms with van der Waals surface area (Å²) in [5.74, 6) is -0.326. The van der Waals surface area contributed by atoms with Crippen molar-refractivity contribution in [3.8, 4) is 0 Å². The van der Waals surface area contributed by atoms with Crippen LogP contribution in [0.5, 0.6) is 0 Å². The predicted molar refractivity (Wildman–Crippen MR) is 68.7 cm³/mol. The molecule has 0 fully saturated rings. The SMILES string of the molecule is CNc1cnn(Cc2cccc(C(=O)OC)c2)c1. The van der Waals surface area contributed by atoms with Gasteiger partial charge in [-0.25, -0.2) is 4.79 Å². The van der Waals surface area contributed by atoms with Gasteiger partial charge in [0.05, 0.1) is 31.1 Å². The predicted octanol–water partition coefficient (Wildman–Crippen LogP) is 1.76. The van der Waals surface area contributed by atoms with Gasteiger partial charge in [0.1, 0.15) is 0 Å². The van der Waals surface area contributed by atoms with Crippen LogP contribution in [0.4, 0.5) is 5.69 Å². The van der Waals surface area contributed by atoms with E-state index in [0.29, 0.717) is 12.1 Å². The first-order valence-electron chi connectivity index (χ1n) is 5.60. The monoisotopic (exact) mass is 245 g/mol. The summed E-state index contributed by atoms with van der Waals surface area (Å²) in [7, 11) is 3.22. The number of carbonyl (C=O) groups is 1. The Morgan fingerprint density at radius 3 is 3.00 bits per heavy atom. The van der Waals surface area contributed by atoms with Gasteiger partial charge in [-0.05, 0) is 17.7 Å². The molecule has 0 saturated heterocycles. The molecular weight excluding hydrogens is 230 g/mol. The Bertz CT molecular complexity index is 549. The Balaban J connectivity index is 2.16. The van der Waals surface area contributed by atoms with Crippen LogP contribution >= 0.6 is 0 Å². The van der Waals surface area contributed by atoms with Crippen LogP contribution in [0.15, 0.2) is 36.7 Å². The topological polar surface area (TPSA) is 56.2 Å². The molecule has 0 atom stereocenters. The van der Waals surface area contributed by atoms with Gasteiger partial charge in [0.25, 0.3) is 0 Å². The summed E-state index contributed by atoms with van der Waals surface area (Å²) < 4.78 is 6.50. The molecule has 0 aliphatic carbocycles. The first-order chi connectivity index (χ1) is 8.72. The fourth-order valence-electron chi connectivity index (χ4n) is 1.68. The third kappa shape index (κ3) is 2.68. The fraction of sp³-hybridized carbons (Fsp3) is 0.231. The number of ether oxygens (including phenoxy) is 1. The Morgan fingerprint density at radius 2 is 2.33 bits per heavy atom. The smallest absolute Gasteiger partial charge is 0.337 e. The molecule has 0 aliphatic rings. The van der Waals surface area contributed by atoms with Crippen LogP contribution in [-0.2, 0) is 11.3 Å². The molecule has 94 valence electrons. The van der Waals surface area contributed by atoms with Crippen LogP contribution in [0, 0.1) is 0 Å². The van der Waals surface area contributed by atoms with Crippen LogP contribution in [0.25, 0.3) is 0 Å². The van der Waals surface area contributed by atoms with Crippen molar-refractivity contribution in [2.45, 2.75) is 6.54 Å². The summed E-state index contributed by atoms with van der Waals surface area (Å²) in [6, 6.07) is 7.33. The number of carbonyl (C=O) groups excluding carboxylic acids is 1. The lowest BCUT2D eigenvalue weighted by atomic mass is 10.1. The number of hydrogen-bond acceptors (Lipinski definition) is 4. The molecule has 0 amide bonds. The molecule has 0 aliphatic heterocycles.